The van der Waals surface area contributed by atoms with Crippen molar-refractivity contribution in [3.05, 3.63) is 29.6 Å². The first-order chi connectivity index (χ1) is 9.33. The van der Waals surface area contributed by atoms with E-state index in [2.05, 4.69) is 20.3 Å². The fourth-order valence-corrected chi connectivity index (χ4v) is 2.48. The van der Waals surface area contributed by atoms with Crippen molar-refractivity contribution < 1.29 is 4.74 Å². The Morgan fingerprint density at radius 2 is 2.16 bits per heavy atom. The van der Waals surface area contributed by atoms with Crippen LogP contribution in [0.25, 0.3) is 11.4 Å². The van der Waals surface area contributed by atoms with Gasteiger partial charge in [0.25, 0.3) is 0 Å². The van der Waals surface area contributed by atoms with E-state index in [9.17, 15) is 0 Å². The summed E-state index contributed by atoms with van der Waals surface area (Å²) < 4.78 is 5.28. The van der Waals surface area contributed by atoms with Gasteiger partial charge in [-0.3, -0.25) is 0 Å². The van der Waals surface area contributed by atoms with E-state index in [4.69, 9.17) is 4.74 Å². The lowest BCUT2D eigenvalue weighted by molar-refractivity contribution is 0.399. The lowest BCUT2D eigenvalue weighted by Crippen LogP contribution is -2.04. The van der Waals surface area contributed by atoms with Gasteiger partial charge in [-0.25, -0.2) is 15.0 Å². The van der Waals surface area contributed by atoms with Crippen LogP contribution in [0.5, 0.6) is 5.88 Å². The Bertz CT molecular complexity index is 612. The van der Waals surface area contributed by atoms with Gasteiger partial charge in [-0.1, -0.05) is 0 Å². The second-order valence-electron chi connectivity index (χ2n) is 4.48. The van der Waals surface area contributed by atoms with Gasteiger partial charge in [0.1, 0.15) is 5.82 Å². The standard InChI is InChI=1S/C14H16N4O/c1-15-12-9-5-3-7-11(9)17-13(18-12)10-6-4-8-16-14(10)19-2/h4,6,8H,3,5,7H2,1-2H3,(H,15,17,18). The molecular formula is C14H16N4O. The van der Waals surface area contributed by atoms with Crippen molar-refractivity contribution in [3.8, 4) is 17.3 Å². The number of fused-ring (bicyclic) bond motifs is 1. The highest BCUT2D eigenvalue weighted by Gasteiger charge is 2.20. The van der Waals surface area contributed by atoms with Crippen LogP contribution in [0.4, 0.5) is 5.82 Å². The second-order valence-corrected chi connectivity index (χ2v) is 4.48. The molecule has 5 nitrogen and oxygen atoms in total. The number of anilines is 1. The number of nitrogens with one attached hydrogen (secondary N) is 1. The zero-order valence-corrected chi connectivity index (χ0v) is 11.1. The van der Waals surface area contributed by atoms with Gasteiger partial charge >= 0.3 is 0 Å². The largest absolute Gasteiger partial charge is 0.480 e. The van der Waals surface area contributed by atoms with E-state index in [0.29, 0.717) is 11.7 Å². The Labute approximate surface area is 112 Å². The lowest BCUT2D eigenvalue weighted by Gasteiger charge is -2.11. The van der Waals surface area contributed by atoms with Crippen LogP contribution in [0.15, 0.2) is 18.3 Å². The Hall–Kier alpha value is -2.17. The van der Waals surface area contributed by atoms with Crippen molar-refractivity contribution in [1.82, 2.24) is 15.0 Å². The third-order valence-corrected chi connectivity index (χ3v) is 3.38. The number of aryl methyl sites for hydroxylation is 1. The monoisotopic (exact) mass is 256 g/mol. The number of aromatic nitrogens is 3. The number of methoxy groups -OCH3 is 1. The maximum absolute atomic E-state index is 5.28. The first kappa shape index (κ1) is 11.9. The summed E-state index contributed by atoms with van der Waals surface area (Å²) in [5.74, 6) is 2.15. The fraction of sp³-hybridized carbons (Fsp3) is 0.357. The summed E-state index contributed by atoms with van der Waals surface area (Å²) in [5, 5.41) is 3.16. The molecule has 2 heterocycles. The molecule has 0 atom stereocenters. The molecule has 0 saturated heterocycles. The minimum atomic E-state index is 0.558. The molecule has 3 rings (SSSR count). The number of nitrogens with zero attached hydrogens (tertiary/aromatic N) is 3. The zero-order valence-electron chi connectivity index (χ0n) is 11.1. The smallest absolute Gasteiger partial charge is 0.224 e. The van der Waals surface area contributed by atoms with Gasteiger partial charge in [0.05, 0.1) is 12.7 Å². The highest BCUT2D eigenvalue weighted by atomic mass is 16.5. The van der Waals surface area contributed by atoms with Gasteiger partial charge in [-0.05, 0) is 31.4 Å². The molecule has 0 saturated carbocycles. The van der Waals surface area contributed by atoms with Crippen LogP contribution in [0.3, 0.4) is 0 Å². The van der Waals surface area contributed by atoms with Crippen molar-refractivity contribution in [3.63, 3.8) is 0 Å². The quantitative estimate of drug-likeness (QED) is 0.911. The Balaban J connectivity index is 2.15. The van der Waals surface area contributed by atoms with Crippen LogP contribution in [-0.2, 0) is 12.8 Å². The molecule has 1 N–H and O–H groups in total. The number of hydrogen-bond acceptors (Lipinski definition) is 5. The number of rotatable bonds is 3. The summed E-state index contributed by atoms with van der Waals surface area (Å²) in [6, 6.07) is 3.80. The second kappa shape index (κ2) is 4.84. The van der Waals surface area contributed by atoms with Crippen LogP contribution < -0.4 is 10.1 Å². The molecular weight excluding hydrogens is 240 g/mol. The van der Waals surface area contributed by atoms with Crippen molar-refractivity contribution in [2.24, 2.45) is 0 Å². The molecule has 0 unspecified atom stereocenters. The molecule has 19 heavy (non-hydrogen) atoms. The molecule has 5 heteroatoms. The van der Waals surface area contributed by atoms with Crippen LogP contribution in [0.1, 0.15) is 17.7 Å². The van der Waals surface area contributed by atoms with Crippen LogP contribution in [-0.4, -0.2) is 29.1 Å². The van der Waals surface area contributed by atoms with E-state index in [0.717, 1.165) is 36.3 Å². The molecule has 1 aliphatic rings. The van der Waals surface area contributed by atoms with Gasteiger partial charge in [0, 0.05) is 24.5 Å². The number of ether oxygens (including phenoxy) is 1. The maximum Gasteiger partial charge on any atom is 0.224 e. The first-order valence-electron chi connectivity index (χ1n) is 6.40. The number of hydrogen-bond donors (Lipinski definition) is 1. The summed E-state index contributed by atoms with van der Waals surface area (Å²) in [4.78, 5) is 13.5. The topological polar surface area (TPSA) is 59.9 Å². The van der Waals surface area contributed by atoms with E-state index >= 15 is 0 Å². The maximum atomic E-state index is 5.28. The van der Waals surface area contributed by atoms with Crippen molar-refractivity contribution >= 4 is 5.82 Å². The third-order valence-electron chi connectivity index (χ3n) is 3.38. The normalized spacial score (nSPS) is 13.2. The molecule has 0 radical (unpaired) electrons. The highest BCUT2D eigenvalue weighted by molar-refractivity contribution is 5.64. The third kappa shape index (κ3) is 2.01. The van der Waals surface area contributed by atoms with Gasteiger partial charge in [-0.15, -0.1) is 0 Å². The van der Waals surface area contributed by atoms with E-state index < -0.39 is 0 Å². The Morgan fingerprint density at radius 1 is 1.26 bits per heavy atom. The predicted octanol–water partition coefficient (Wildman–Crippen LogP) is 2.08. The molecule has 0 spiro atoms. The Morgan fingerprint density at radius 3 is 2.95 bits per heavy atom. The summed E-state index contributed by atoms with van der Waals surface area (Å²) >= 11 is 0. The molecule has 0 bridgehead atoms. The van der Waals surface area contributed by atoms with Crippen LogP contribution in [0.2, 0.25) is 0 Å². The average molecular weight is 256 g/mol. The molecule has 0 fully saturated rings. The molecule has 1 aliphatic carbocycles. The van der Waals surface area contributed by atoms with Crippen molar-refractivity contribution in [1.29, 1.82) is 0 Å². The SMILES string of the molecule is CNc1nc(-c2cccnc2OC)nc2c1CCC2. The van der Waals surface area contributed by atoms with Gasteiger partial charge < -0.3 is 10.1 Å². The molecule has 0 amide bonds. The van der Waals surface area contributed by atoms with E-state index in [-0.39, 0.29) is 0 Å². The van der Waals surface area contributed by atoms with E-state index in [1.54, 1.807) is 13.3 Å². The first-order valence-corrected chi connectivity index (χ1v) is 6.40. The summed E-state index contributed by atoms with van der Waals surface area (Å²) in [5.41, 5.74) is 3.21. The minimum Gasteiger partial charge on any atom is -0.480 e. The van der Waals surface area contributed by atoms with Crippen LogP contribution >= 0.6 is 0 Å². The molecule has 98 valence electrons. The number of pyridine rings is 1. The van der Waals surface area contributed by atoms with Crippen molar-refractivity contribution in [2.45, 2.75) is 19.3 Å². The predicted molar refractivity (Wildman–Crippen MR) is 73.4 cm³/mol. The summed E-state index contributed by atoms with van der Waals surface area (Å²) in [7, 11) is 3.50. The molecule has 0 aliphatic heterocycles. The minimum absolute atomic E-state index is 0.558. The van der Waals surface area contributed by atoms with E-state index in [1.807, 2.05) is 19.2 Å². The van der Waals surface area contributed by atoms with Crippen LogP contribution in [0, 0.1) is 0 Å². The fourth-order valence-electron chi connectivity index (χ4n) is 2.48. The van der Waals surface area contributed by atoms with Gasteiger partial charge in [0.2, 0.25) is 5.88 Å². The molecule has 0 aromatic carbocycles. The Kier molecular flexibility index (Phi) is 3.03. The zero-order chi connectivity index (χ0) is 13.2. The summed E-state index contributed by atoms with van der Waals surface area (Å²) in [6.07, 6.45) is 4.92. The average Bonchev–Trinajstić information content (AvgIpc) is 2.94. The van der Waals surface area contributed by atoms with Gasteiger partial charge in [-0.2, -0.15) is 0 Å². The highest BCUT2D eigenvalue weighted by Crippen LogP contribution is 2.31. The molecule has 2 aromatic rings. The lowest BCUT2D eigenvalue weighted by atomic mass is 10.2. The van der Waals surface area contributed by atoms with Crippen molar-refractivity contribution in [2.75, 3.05) is 19.5 Å². The van der Waals surface area contributed by atoms with Gasteiger partial charge in [0.15, 0.2) is 5.82 Å². The summed E-state index contributed by atoms with van der Waals surface area (Å²) in [6.45, 7) is 0. The molecule has 2 aromatic heterocycles. The van der Waals surface area contributed by atoms with E-state index in [1.165, 1.54) is 5.56 Å².